The lowest BCUT2D eigenvalue weighted by molar-refractivity contribution is 0.0575. The Morgan fingerprint density at radius 1 is 1.00 bits per heavy atom. The van der Waals surface area contributed by atoms with Gasteiger partial charge in [0.2, 0.25) is 0 Å². The van der Waals surface area contributed by atoms with Gasteiger partial charge in [-0.2, -0.15) is 0 Å². The molecule has 0 unspecified atom stereocenters. The average Bonchev–Trinajstić information content (AvgIpc) is 2.76. The molecular formula is C24H37Cl5N4. The van der Waals surface area contributed by atoms with E-state index >= 15 is 0 Å². The fraction of sp³-hybridized carbons (Fsp3) is 0.542. The number of nitrogens with zero attached hydrogens (tertiary/aromatic N) is 3. The van der Waals surface area contributed by atoms with E-state index in [1.807, 2.05) is 24.4 Å². The number of anilines is 1. The van der Waals surface area contributed by atoms with E-state index in [4.69, 9.17) is 11.6 Å². The fourth-order valence-electron chi connectivity index (χ4n) is 4.79. The van der Waals surface area contributed by atoms with E-state index in [0.717, 1.165) is 43.4 Å². The Labute approximate surface area is 228 Å². The van der Waals surface area contributed by atoms with Crippen LogP contribution in [0.2, 0.25) is 5.02 Å². The minimum absolute atomic E-state index is 0. The lowest BCUT2D eigenvalue weighted by Crippen LogP contribution is -2.62. The van der Waals surface area contributed by atoms with Crippen LogP contribution in [0.3, 0.4) is 0 Å². The molecule has 0 amide bonds. The Kier molecular flexibility index (Phi) is 15.3. The van der Waals surface area contributed by atoms with Gasteiger partial charge in [0, 0.05) is 55.5 Å². The average molecular weight is 559 g/mol. The van der Waals surface area contributed by atoms with Crippen LogP contribution >= 0.6 is 61.2 Å². The second-order valence-electron chi connectivity index (χ2n) is 8.85. The van der Waals surface area contributed by atoms with E-state index in [0.29, 0.717) is 24.0 Å². The van der Waals surface area contributed by atoms with Crippen LogP contribution in [0.5, 0.6) is 0 Å². The van der Waals surface area contributed by atoms with Crippen molar-refractivity contribution < 1.29 is 0 Å². The Morgan fingerprint density at radius 2 is 1.67 bits per heavy atom. The Morgan fingerprint density at radius 3 is 2.24 bits per heavy atom. The van der Waals surface area contributed by atoms with Crippen molar-refractivity contribution in [1.29, 1.82) is 0 Å². The molecule has 2 fully saturated rings. The molecule has 1 N–H and O–H groups in total. The summed E-state index contributed by atoms with van der Waals surface area (Å²) < 4.78 is 0. The molecule has 9 heteroatoms. The van der Waals surface area contributed by atoms with Gasteiger partial charge in [0.05, 0.1) is 0 Å². The number of rotatable bonds is 5. The molecule has 0 radical (unpaired) electrons. The van der Waals surface area contributed by atoms with Crippen molar-refractivity contribution >= 4 is 67.0 Å². The van der Waals surface area contributed by atoms with Gasteiger partial charge in [-0.1, -0.05) is 43.6 Å². The SMILES string of the molecule is CC(C)[C@H]1CN(C2CCN(c3ccccn3)CC2)[C@@H](Cc2ccc(Cl)cc2)CN1.Cl.Cl.Cl.Cl. The standard InChI is InChI=1S/C24H33ClN4.4ClH/c1-18(2)23-17-29(22(16-27-23)15-19-6-8-20(25)9-7-19)21-10-13-28(14-11-21)24-5-3-4-12-26-24;;;;/h3-9,12,18,21-23,27H,10-11,13-17H2,1-2H3;4*1H/t22-,23+;;;;/m0..../s1. The van der Waals surface area contributed by atoms with Crippen molar-refractivity contribution in [2.75, 3.05) is 31.1 Å². The zero-order valence-electron chi connectivity index (χ0n) is 19.2. The molecule has 2 aliphatic rings. The number of hydrogen-bond donors (Lipinski definition) is 1. The predicted octanol–water partition coefficient (Wildman–Crippen LogP) is 5.93. The van der Waals surface area contributed by atoms with Crippen molar-refractivity contribution in [2.24, 2.45) is 5.92 Å². The maximum atomic E-state index is 6.09. The van der Waals surface area contributed by atoms with E-state index in [1.165, 1.54) is 18.4 Å². The molecule has 2 aliphatic heterocycles. The van der Waals surface area contributed by atoms with Gasteiger partial charge in [0.15, 0.2) is 0 Å². The summed E-state index contributed by atoms with van der Waals surface area (Å²) in [6.45, 7) is 9.05. The molecule has 0 spiro atoms. The number of halogens is 5. The van der Waals surface area contributed by atoms with Crippen LogP contribution < -0.4 is 10.2 Å². The fourth-order valence-corrected chi connectivity index (χ4v) is 4.91. The molecule has 2 aromatic rings. The number of piperazine rings is 1. The summed E-state index contributed by atoms with van der Waals surface area (Å²) >= 11 is 6.09. The van der Waals surface area contributed by atoms with Crippen LogP contribution in [0.15, 0.2) is 48.7 Å². The van der Waals surface area contributed by atoms with Crippen LogP contribution in [-0.2, 0) is 6.42 Å². The molecule has 1 aromatic carbocycles. The summed E-state index contributed by atoms with van der Waals surface area (Å²) in [6.07, 6.45) is 5.39. The molecule has 0 aliphatic carbocycles. The molecule has 2 atom stereocenters. The maximum Gasteiger partial charge on any atom is 0.128 e. The molecule has 188 valence electrons. The zero-order valence-corrected chi connectivity index (χ0v) is 23.3. The lowest BCUT2D eigenvalue weighted by Gasteiger charge is -2.48. The first-order valence-corrected chi connectivity index (χ1v) is 11.4. The highest BCUT2D eigenvalue weighted by Gasteiger charge is 2.35. The second kappa shape index (κ2) is 15.5. The van der Waals surface area contributed by atoms with Crippen molar-refractivity contribution in [3.05, 3.63) is 59.2 Å². The third-order valence-corrected chi connectivity index (χ3v) is 6.84. The molecule has 33 heavy (non-hydrogen) atoms. The normalized spacial score (nSPS) is 21.3. The Hall–Kier alpha value is -0.460. The molecule has 4 rings (SSSR count). The third kappa shape index (κ3) is 8.61. The number of piperidine rings is 1. The molecule has 3 heterocycles. The predicted molar refractivity (Wildman–Crippen MR) is 151 cm³/mol. The molecule has 2 saturated heterocycles. The number of aromatic nitrogens is 1. The maximum absolute atomic E-state index is 6.09. The first-order chi connectivity index (χ1) is 14.1. The first-order valence-electron chi connectivity index (χ1n) is 11.0. The minimum atomic E-state index is 0. The summed E-state index contributed by atoms with van der Waals surface area (Å²) in [5.74, 6) is 1.77. The third-order valence-electron chi connectivity index (χ3n) is 6.59. The first kappa shape index (κ1) is 32.5. The van der Waals surface area contributed by atoms with Gasteiger partial charge >= 0.3 is 0 Å². The molecule has 0 bridgehead atoms. The van der Waals surface area contributed by atoms with Crippen molar-refractivity contribution in [3.63, 3.8) is 0 Å². The second-order valence-corrected chi connectivity index (χ2v) is 9.28. The van der Waals surface area contributed by atoms with Gasteiger partial charge < -0.3 is 10.2 Å². The summed E-state index contributed by atoms with van der Waals surface area (Å²) in [4.78, 5) is 9.79. The summed E-state index contributed by atoms with van der Waals surface area (Å²) in [6, 6.07) is 16.4. The van der Waals surface area contributed by atoms with Crippen molar-refractivity contribution in [1.82, 2.24) is 15.2 Å². The van der Waals surface area contributed by atoms with Crippen LogP contribution in [0, 0.1) is 5.92 Å². The van der Waals surface area contributed by atoms with Crippen LogP contribution in [0.1, 0.15) is 32.3 Å². The quantitative estimate of drug-likeness (QED) is 0.493. The highest BCUT2D eigenvalue weighted by Crippen LogP contribution is 2.26. The topological polar surface area (TPSA) is 31.4 Å². The summed E-state index contributed by atoms with van der Waals surface area (Å²) in [5.41, 5.74) is 1.38. The zero-order chi connectivity index (χ0) is 20.2. The molecule has 1 aromatic heterocycles. The lowest BCUT2D eigenvalue weighted by atomic mass is 9.92. The summed E-state index contributed by atoms with van der Waals surface area (Å²) in [5, 5.41) is 4.63. The van der Waals surface area contributed by atoms with Gasteiger partial charge in [-0.05, 0) is 55.0 Å². The number of nitrogens with one attached hydrogen (secondary N) is 1. The number of hydrogen-bond acceptors (Lipinski definition) is 4. The van der Waals surface area contributed by atoms with Crippen molar-refractivity contribution in [3.8, 4) is 0 Å². The highest BCUT2D eigenvalue weighted by atomic mass is 35.5. The monoisotopic (exact) mass is 556 g/mol. The van der Waals surface area contributed by atoms with Gasteiger partial charge in [-0.15, -0.1) is 49.6 Å². The van der Waals surface area contributed by atoms with Gasteiger partial charge in [0.1, 0.15) is 5.82 Å². The van der Waals surface area contributed by atoms with Crippen molar-refractivity contribution in [2.45, 2.75) is 51.2 Å². The van der Waals surface area contributed by atoms with Crippen LogP contribution in [-0.4, -0.2) is 54.2 Å². The highest BCUT2D eigenvalue weighted by molar-refractivity contribution is 6.30. The van der Waals surface area contributed by atoms with E-state index in [9.17, 15) is 0 Å². The van der Waals surface area contributed by atoms with Gasteiger partial charge in [0.25, 0.3) is 0 Å². The largest absolute Gasteiger partial charge is 0.357 e. The van der Waals surface area contributed by atoms with Gasteiger partial charge in [-0.3, -0.25) is 4.90 Å². The Bertz CT molecular complexity index is 770. The summed E-state index contributed by atoms with van der Waals surface area (Å²) in [7, 11) is 0. The van der Waals surface area contributed by atoms with E-state index in [1.54, 1.807) is 0 Å². The van der Waals surface area contributed by atoms with Crippen LogP contribution in [0.25, 0.3) is 0 Å². The Balaban J connectivity index is 0.00000256. The van der Waals surface area contributed by atoms with E-state index in [-0.39, 0.29) is 49.6 Å². The molecule has 4 nitrogen and oxygen atoms in total. The minimum Gasteiger partial charge on any atom is -0.357 e. The molecular weight excluding hydrogens is 522 g/mol. The molecule has 0 saturated carbocycles. The number of pyridine rings is 1. The number of benzene rings is 1. The smallest absolute Gasteiger partial charge is 0.128 e. The van der Waals surface area contributed by atoms with Crippen LogP contribution in [0.4, 0.5) is 5.82 Å². The van der Waals surface area contributed by atoms with Gasteiger partial charge in [-0.25, -0.2) is 4.98 Å². The van der Waals surface area contributed by atoms with E-state index in [2.05, 4.69) is 58.2 Å². The van der Waals surface area contributed by atoms with E-state index < -0.39 is 0 Å².